The summed E-state index contributed by atoms with van der Waals surface area (Å²) in [6, 6.07) is 19.1. The minimum Gasteiger partial charge on any atom is -0.483 e. The second kappa shape index (κ2) is 9.80. The van der Waals surface area contributed by atoms with E-state index in [0.717, 1.165) is 11.1 Å². The minimum absolute atomic E-state index is 0.156. The van der Waals surface area contributed by atoms with E-state index >= 15 is 0 Å². The molecule has 154 valence electrons. The maximum absolute atomic E-state index is 12.2. The van der Waals surface area contributed by atoms with E-state index in [-0.39, 0.29) is 18.1 Å². The molecule has 0 fully saturated rings. The fraction of sp³-hybridized carbons (Fsp3) is 0.130. The highest BCUT2D eigenvalue weighted by atomic mass is 35.5. The molecule has 3 rings (SSSR count). The van der Waals surface area contributed by atoms with E-state index in [0.29, 0.717) is 28.7 Å². The zero-order valence-corrected chi connectivity index (χ0v) is 17.1. The van der Waals surface area contributed by atoms with Gasteiger partial charge >= 0.3 is 5.97 Å². The number of aryl methyl sites for hydroxylation is 1. The van der Waals surface area contributed by atoms with Gasteiger partial charge in [-0.2, -0.15) is 0 Å². The predicted molar refractivity (Wildman–Crippen MR) is 117 cm³/mol. The molecule has 0 aliphatic carbocycles. The summed E-state index contributed by atoms with van der Waals surface area (Å²) in [4.78, 5) is 23.3. The monoisotopic (exact) mass is 424 g/mol. The molecule has 30 heavy (non-hydrogen) atoms. The third kappa shape index (κ3) is 5.99. The highest BCUT2D eigenvalue weighted by Crippen LogP contribution is 2.24. The number of carboxylic acid groups (broad SMARTS) is 1. The molecule has 6 nitrogen and oxygen atoms in total. The Kier molecular flexibility index (Phi) is 6.93. The number of nitrogens with one attached hydrogen (secondary N) is 2. The molecule has 3 aromatic rings. The average Bonchev–Trinajstić information content (AvgIpc) is 2.71. The van der Waals surface area contributed by atoms with Crippen molar-refractivity contribution in [3.8, 4) is 5.75 Å². The highest BCUT2D eigenvalue weighted by molar-refractivity contribution is 6.30. The Bertz CT molecular complexity index is 1070. The summed E-state index contributed by atoms with van der Waals surface area (Å²) in [5.74, 6) is -0.755. The summed E-state index contributed by atoms with van der Waals surface area (Å²) in [6.07, 6.45) is 0. The molecule has 0 aromatic heterocycles. The Morgan fingerprint density at radius 1 is 1.00 bits per heavy atom. The van der Waals surface area contributed by atoms with Crippen LogP contribution in [0.3, 0.4) is 0 Å². The first kappa shape index (κ1) is 21.2. The van der Waals surface area contributed by atoms with Crippen LogP contribution in [-0.4, -0.2) is 23.6 Å². The van der Waals surface area contributed by atoms with E-state index in [1.165, 1.54) is 6.07 Å². The largest absolute Gasteiger partial charge is 0.483 e. The molecule has 3 N–H and O–H groups in total. The van der Waals surface area contributed by atoms with Crippen LogP contribution in [0.25, 0.3) is 0 Å². The number of carbonyl (C=O) groups excluding carboxylic acids is 1. The van der Waals surface area contributed by atoms with Gasteiger partial charge in [-0.15, -0.1) is 0 Å². The minimum atomic E-state index is -0.995. The number of amides is 1. The Morgan fingerprint density at radius 2 is 1.77 bits per heavy atom. The molecule has 0 aliphatic heterocycles. The quantitative estimate of drug-likeness (QED) is 0.475. The van der Waals surface area contributed by atoms with Crippen molar-refractivity contribution in [3.63, 3.8) is 0 Å². The summed E-state index contributed by atoms with van der Waals surface area (Å²) in [7, 11) is 0. The van der Waals surface area contributed by atoms with Gasteiger partial charge < -0.3 is 20.5 Å². The van der Waals surface area contributed by atoms with Gasteiger partial charge in [0.1, 0.15) is 5.75 Å². The second-order valence-electron chi connectivity index (χ2n) is 6.70. The van der Waals surface area contributed by atoms with Crippen molar-refractivity contribution in [1.82, 2.24) is 0 Å². The smallest absolute Gasteiger partial charge is 0.335 e. The first-order valence-electron chi connectivity index (χ1n) is 9.26. The van der Waals surface area contributed by atoms with Gasteiger partial charge in [0, 0.05) is 28.5 Å². The number of hydrogen-bond acceptors (Lipinski definition) is 4. The highest BCUT2D eigenvalue weighted by Gasteiger charge is 2.10. The number of aromatic carboxylic acids is 1. The molecule has 0 radical (unpaired) electrons. The van der Waals surface area contributed by atoms with E-state index in [1.54, 1.807) is 36.4 Å². The molecular formula is C23H21ClN2O4. The Hall–Kier alpha value is -3.51. The first-order chi connectivity index (χ1) is 14.4. The van der Waals surface area contributed by atoms with Crippen molar-refractivity contribution in [2.75, 3.05) is 17.2 Å². The molecule has 0 saturated heterocycles. The molecule has 7 heteroatoms. The fourth-order valence-corrected chi connectivity index (χ4v) is 3.04. The number of hydrogen-bond donors (Lipinski definition) is 3. The standard InChI is InChI=1S/C23H21ClN2O4/c1-15-4-2-7-20(10-15)26-22(27)14-30-21-9-8-18(24)11-17(21)13-25-19-6-3-5-16(12-19)23(28)29/h2-12,25H,13-14H2,1H3,(H,26,27)(H,28,29). The molecule has 0 atom stereocenters. The zero-order valence-electron chi connectivity index (χ0n) is 16.3. The SMILES string of the molecule is Cc1cccc(NC(=O)COc2ccc(Cl)cc2CNc2cccc(C(=O)O)c2)c1. The van der Waals surface area contributed by atoms with Crippen molar-refractivity contribution in [2.45, 2.75) is 13.5 Å². The van der Waals surface area contributed by atoms with Crippen LogP contribution >= 0.6 is 11.6 Å². The van der Waals surface area contributed by atoms with Crippen LogP contribution in [0.4, 0.5) is 11.4 Å². The molecule has 1 amide bonds. The topological polar surface area (TPSA) is 87.7 Å². The predicted octanol–water partition coefficient (Wildman–Crippen LogP) is 4.98. The van der Waals surface area contributed by atoms with Gasteiger partial charge in [-0.05, 0) is 61.0 Å². The number of rotatable bonds is 8. The maximum Gasteiger partial charge on any atom is 0.335 e. The molecule has 0 bridgehead atoms. The Morgan fingerprint density at radius 3 is 2.53 bits per heavy atom. The Labute approximate surface area is 179 Å². The van der Waals surface area contributed by atoms with Crippen LogP contribution in [0.15, 0.2) is 66.7 Å². The summed E-state index contributed by atoms with van der Waals surface area (Å²) >= 11 is 6.11. The van der Waals surface area contributed by atoms with E-state index in [1.807, 2.05) is 31.2 Å². The number of anilines is 2. The van der Waals surface area contributed by atoms with Crippen LogP contribution in [0, 0.1) is 6.92 Å². The average molecular weight is 425 g/mol. The summed E-state index contributed by atoms with van der Waals surface area (Å²) in [6.45, 7) is 2.14. The lowest BCUT2D eigenvalue weighted by atomic mass is 10.1. The van der Waals surface area contributed by atoms with Crippen LogP contribution in [0.2, 0.25) is 5.02 Å². The number of ether oxygens (including phenoxy) is 1. The lowest BCUT2D eigenvalue weighted by Crippen LogP contribution is -2.20. The number of carboxylic acids is 1. The summed E-state index contributed by atoms with van der Waals surface area (Å²) in [5, 5.41) is 15.6. The number of carbonyl (C=O) groups is 2. The van der Waals surface area contributed by atoms with Crippen LogP contribution in [0.5, 0.6) is 5.75 Å². The van der Waals surface area contributed by atoms with E-state index < -0.39 is 5.97 Å². The summed E-state index contributed by atoms with van der Waals surface area (Å²) in [5.41, 5.74) is 3.34. The number of benzene rings is 3. The molecule has 0 unspecified atom stereocenters. The molecule has 0 spiro atoms. The molecule has 0 aliphatic rings. The normalized spacial score (nSPS) is 10.3. The van der Waals surface area contributed by atoms with E-state index in [9.17, 15) is 9.59 Å². The zero-order chi connectivity index (χ0) is 21.5. The van der Waals surface area contributed by atoms with Crippen molar-refractivity contribution < 1.29 is 19.4 Å². The lowest BCUT2D eigenvalue weighted by Gasteiger charge is -2.14. The lowest BCUT2D eigenvalue weighted by molar-refractivity contribution is -0.118. The number of halogens is 1. The van der Waals surface area contributed by atoms with Crippen molar-refractivity contribution in [1.29, 1.82) is 0 Å². The van der Waals surface area contributed by atoms with E-state index in [4.69, 9.17) is 21.4 Å². The van der Waals surface area contributed by atoms with Gasteiger partial charge in [0.15, 0.2) is 6.61 Å². The van der Waals surface area contributed by atoms with Gasteiger partial charge in [-0.25, -0.2) is 4.79 Å². The fourth-order valence-electron chi connectivity index (χ4n) is 2.85. The molecule has 3 aromatic carbocycles. The van der Waals surface area contributed by atoms with Crippen molar-refractivity contribution in [3.05, 3.63) is 88.4 Å². The van der Waals surface area contributed by atoms with Gasteiger partial charge in [-0.1, -0.05) is 29.8 Å². The van der Waals surface area contributed by atoms with Gasteiger partial charge in [0.2, 0.25) is 0 Å². The van der Waals surface area contributed by atoms with Crippen LogP contribution < -0.4 is 15.4 Å². The van der Waals surface area contributed by atoms with Gasteiger partial charge in [0.05, 0.1) is 5.56 Å². The third-order valence-corrected chi connectivity index (χ3v) is 4.51. The summed E-state index contributed by atoms with van der Waals surface area (Å²) < 4.78 is 5.70. The third-order valence-electron chi connectivity index (χ3n) is 4.28. The molecular weight excluding hydrogens is 404 g/mol. The van der Waals surface area contributed by atoms with Crippen molar-refractivity contribution >= 4 is 34.9 Å². The second-order valence-corrected chi connectivity index (χ2v) is 7.13. The molecule has 0 saturated carbocycles. The molecule has 0 heterocycles. The van der Waals surface area contributed by atoms with Crippen LogP contribution in [-0.2, 0) is 11.3 Å². The maximum atomic E-state index is 12.2. The van der Waals surface area contributed by atoms with Crippen molar-refractivity contribution in [2.24, 2.45) is 0 Å². The van der Waals surface area contributed by atoms with Gasteiger partial charge in [-0.3, -0.25) is 4.79 Å². The van der Waals surface area contributed by atoms with Gasteiger partial charge in [0.25, 0.3) is 5.91 Å². The first-order valence-corrected chi connectivity index (χ1v) is 9.63. The van der Waals surface area contributed by atoms with Crippen LogP contribution in [0.1, 0.15) is 21.5 Å². The van der Waals surface area contributed by atoms with E-state index in [2.05, 4.69) is 10.6 Å². The Balaban J connectivity index is 1.64.